The molecule has 19 heavy (non-hydrogen) atoms. The van der Waals surface area contributed by atoms with Gasteiger partial charge in [0.05, 0.1) is 0 Å². The molecule has 0 radical (unpaired) electrons. The van der Waals surface area contributed by atoms with Gasteiger partial charge in [0, 0.05) is 12.2 Å². The van der Waals surface area contributed by atoms with Crippen LogP contribution in [-0.2, 0) is 0 Å². The third-order valence-electron chi connectivity index (χ3n) is 3.17. The van der Waals surface area contributed by atoms with Crippen LogP contribution in [0.5, 0.6) is 5.75 Å². The highest BCUT2D eigenvalue weighted by Gasteiger charge is 2.00. The molecular weight excluding hydrogens is 234 g/mol. The van der Waals surface area contributed by atoms with Crippen LogP contribution in [0.25, 0.3) is 0 Å². The Morgan fingerprint density at radius 3 is 2.16 bits per heavy atom. The molecule has 0 saturated heterocycles. The van der Waals surface area contributed by atoms with E-state index in [0.717, 1.165) is 12.3 Å². The van der Waals surface area contributed by atoms with Crippen molar-refractivity contribution in [3.05, 3.63) is 59.2 Å². The Kier molecular flexibility index (Phi) is 4.45. The Bertz CT molecular complexity index is 511. The Balaban J connectivity index is 1.82. The number of aryl methyl sites for hydroxylation is 3. The molecule has 0 saturated carbocycles. The van der Waals surface area contributed by atoms with E-state index in [9.17, 15) is 0 Å². The van der Waals surface area contributed by atoms with Gasteiger partial charge in [-0.3, -0.25) is 0 Å². The van der Waals surface area contributed by atoms with Crippen molar-refractivity contribution in [2.24, 2.45) is 0 Å². The average molecular weight is 255 g/mol. The largest absolute Gasteiger partial charge is 0.492 e. The lowest BCUT2D eigenvalue weighted by Gasteiger charge is -2.13. The third kappa shape index (κ3) is 3.75. The molecule has 2 aromatic rings. The number of ether oxygens (including phenoxy) is 1. The topological polar surface area (TPSA) is 21.3 Å². The van der Waals surface area contributed by atoms with E-state index in [0.29, 0.717) is 6.61 Å². The number of nitrogens with one attached hydrogen (secondary N) is 1. The quantitative estimate of drug-likeness (QED) is 0.812. The molecule has 0 heterocycles. The maximum absolute atomic E-state index is 5.70. The molecule has 2 rings (SSSR count). The van der Waals surface area contributed by atoms with Crippen LogP contribution in [-0.4, -0.2) is 13.2 Å². The van der Waals surface area contributed by atoms with Crippen LogP contribution in [0.4, 0.5) is 5.69 Å². The second-order valence-corrected chi connectivity index (χ2v) is 4.86. The van der Waals surface area contributed by atoms with Crippen LogP contribution in [0.1, 0.15) is 16.7 Å². The first kappa shape index (κ1) is 13.5. The summed E-state index contributed by atoms with van der Waals surface area (Å²) in [6, 6.07) is 14.5. The molecule has 0 amide bonds. The molecule has 0 spiro atoms. The summed E-state index contributed by atoms with van der Waals surface area (Å²) in [5.74, 6) is 0.925. The second-order valence-electron chi connectivity index (χ2n) is 4.86. The number of hydrogen-bond donors (Lipinski definition) is 1. The summed E-state index contributed by atoms with van der Waals surface area (Å²) in [5, 5.41) is 3.44. The van der Waals surface area contributed by atoms with Crippen LogP contribution in [0, 0.1) is 20.8 Å². The SMILES string of the molecule is Cc1ccc(OCCNc2c(C)cccc2C)cc1. The standard InChI is InChI=1S/C17H21NO/c1-13-7-9-16(10-8-13)19-12-11-18-17-14(2)5-4-6-15(17)3/h4-10,18H,11-12H2,1-3H3. The zero-order valence-electron chi connectivity index (χ0n) is 11.9. The molecule has 0 aliphatic heterocycles. The molecule has 0 aliphatic carbocycles. The number of benzene rings is 2. The Morgan fingerprint density at radius 2 is 1.53 bits per heavy atom. The summed E-state index contributed by atoms with van der Waals surface area (Å²) >= 11 is 0. The zero-order valence-corrected chi connectivity index (χ0v) is 11.9. The van der Waals surface area contributed by atoms with Gasteiger partial charge >= 0.3 is 0 Å². The first-order valence-corrected chi connectivity index (χ1v) is 6.66. The molecule has 2 heteroatoms. The Labute approximate surface area is 115 Å². The minimum atomic E-state index is 0.664. The highest BCUT2D eigenvalue weighted by molar-refractivity contribution is 5.56. The molecule has 2 aromatic carbocycles. The van der Waals surface area contributed by atoms with Gasteiger partial charge < -0.3 is 10.1 Å². The van der Waals surface area contributed by atoms with Gasteiger partial charge in [-0.15, -0.1) is 0 Å². The van der Waals surface area contributed by atoms with Gasteiger partial charge in [-0.2, -0.15) is 0 Å². The highest BCUT2D eigenvalue weighted by Crippen LogP contribution is 2.19. The van der Waals surface area contributed by atoms with E-state index in [4.69, 9.17) is 4.74 Å². The number of para-hydroxylation sites is 1. The lowest BCUT2D eigenvalue weighted by molar-refractivity contribution is 0.333. The van der Waals surface area contributed by atoms with E-state index in [2.05, 4.69) is 56.4 Å². The molecule has 0 aliphatic rings. The van der Waals surface area contributed by atoms with Crippen LogP contribution >= 0.6 is 0 Å². The molecule has 0 aromatic heterocycles. The first-order valence-electron chi connectivity index (χ1n) is 6.66. The van der Waals surface area contributed by atoms with Gasteiger partial charge in [0.2, 0.25) is 0 Å². The van der Waals surface area contributed by atoms with E-state index >= 15 is 0 Å². The van der Waals surface area contributed by atoms with Crippen molar-refractivity contribution in [3.63, 3.8) is 0 Å². The molecule has 2 nitrogen and oxygen atoms in total. The molecule has 0 unspecified atom stereocenters. The van der Waals surface area contributed by atoms with Crippen LogP contribution in [0.15, 0.2) is 42.5 Å². The van der Waals surface area contributed by atoms with Gasteiger partial charge in [-0.25, -0.2) is 0 Å². The van der Waals surface area contributed by atoms with E-state index in [1.807, 2.05) is 12.1 Å². The van der Waals surface area contributed by atoms with Crippen molar-refractivity contribution < 1.29 is 4.74 Å². The lowest BCUT2D eigenvalue weighted by Crippen LogP contribution is -2.12. The Hall–Kier alpha value is -1.96. The van der Waals surface area contributed by atoms with E-state index in [1.165, 1.54) is 22.4 Å². The van der Waals surface area contributed by atoms with Crippen LogP contribution < -0.4 is 10.1 Å². The number of anilines is 1. The first-order chi connectivity index (χ1) is 9.16. The van der Waals surface area contributed by atoms with Crippen molar-refractivity contribution in [3.8, 4) is 5.75 Å². The fourth-order valence-electron chi connectivity index (χ4n) is 2.07. The zero-order chi connectivity index (χ0) is 13.7. The molecule has 0 atom stereocenters. The van der Waals surface area contributed by atoms with Gasteiger partial charge in [-0.1, -0.05) is 35.9 Å². The summed E-state index contributed by atoms with van der Waals surface area (Å²) in [7, 11) is 0. The van der Waals surface area contributed by atoms with Crippen LogP contribution in [0.3, 0.4) is 0 Å². The highest BCUT2D eigenvalue weighted by atomic mass is 16.5. The molecule has 0 fully saturated rings. The van der Waals surface area contributed by atoms with Crippen molar-refractivity contribution in [1.29, 1.82) is 0 Å². The molecule has 1 N–H and O–H groups in total. The monoisotopic (exact) mass is 255 g/mol. The summed E-state index contributed by atoms with van der Waals surface area (Å²) in [5.41, 5.74) is 5.02. The summed E-state index contributed by atoms with van der Waals surface area (Å²) in [6.45, 7) is 7.79. The maximum atomic E-state index is 5.70. The summed E-state index contributed by atoms with van der Waals surface area (Å²) < 4.78 is 5.70. The average Bonchev–Trinajstić information content (AvgIpc) is 2.39. The van der Waals surface area contributed by atoms with Crippen molar-refractivity contribution >= 4 is 5.69 Å². The van der Waals surface area contributed by atoms with Gasteiger partial charge in [0.15, 0.2) is 0 Å². The predicted octanol–water partition coefficient (Wildman–Crippen LogP) is 4.10. The Morgan fingerprint density at radius 1 is 0.895 bits per heavy atom. The minimum absolute atomic E-state index is 0.664. The van der Waals surface area contributed by atoms with Crippen molar-refractivity contribution in [1.82, 2.24) is 0 Å². The minimum Gasteiger partial charge on any atom is -0.492 e. The van der Waals surface area contributed by atoms with Gasteiger partial charge in [0.25, 0.3) is 0 Å². The summed E-state index contributed by atoms with van der Waals surface area (Å²) in [6.07, 6.45) is 0. The number of hydrogen-bond acceptors (Lipinski definition) is 2. The second kappa shape index (κ2) is 6.28. The van der Waals surface area contributed by atoms with Gasteiger partial charge in [0.1, 0.15) is 12.4 Å². The maximum Gasteiger partial charge on any atom is 0.119 e. The number of rotatable bonds is 5. The molecular formula is C17H21NO. The molecule has 100 valence electrons. The van der Waals surface area contributed by atoms with E-state index < -0.39 is 0 Å². The predicted molar refractivity (Wildman–Crippen MR) is 81.1 cm³/mol. The van der Waals surface area contributed by atoms with Gasteiger partial charge in [-0.05, 0) is 44.0 Å². The van der Waals surface area contributed by atoms with E-state index in [-0.39, 0.29) is 0 Å². The van der Waals surface area contributed by atoms with Crippen molar-refractivity contribution in [2.75, 3.05) is 18.5 Å². The third-order valence-corrected chi connectivity index (χ3v) is 3.17. The van der Waals surface area contributed by atoms with Crippen molar-refractivity contribution in [2.45, 2.75) is 20.8 Å². The normalized spacial score (nSPS) is 10.3. The smallest absolute Gasteiger partial charge is 0.119 e. The van der Waals surface area contributed by atoms with Crippen LogP contribution in [0.2, 0.25) is 0 Å². The summed E-state index contributed by atoms with van der Waals surface area (Å²) in [4.78, 5) is 0. The fourth-order valence-corrected chi connectivity index (χ4v) is 2.07. The molecule has 0 bridgehead atoms. The van der Waals surface area contributed by atoms with E-state index in [1.54, 1.807) is 0 Å². The fraction of sp³-hybridized carbons (Fsp3) is 0.294. The lowest BCUT2D eigenvalue weighted by atomic mass is 10.1.